The normalized spacial score (nSPS) is 21.6. The van der Waals surface area contributed by atoms with E-state index >= 15 is 0 Å². The van der Waals surface area contributed by atoms with Crippen molar-refractivity contribution in [3.05, 3.63) is 76.8 Å². The number of ether oxygens (including phenoxy) is 1. The molecule has 12 nitrogen and oxygen atoms in total. The van der Waals surface area contributed by atoms with Crippen LogP contribution >= 0.6 is 0 Å². The topological polar surface area (TPSA) is 162 Å². The first-order valence-corrected chi connectivity index (χ1v) is 11.1. The van der Waals surface area contributed by atoms with E-state index in [9.17, 15) is 24.9 Å². The van der Waals surface area contributed by atoms with E-state index in [-0.39, 0.29) is 5.82 Å². The highest BCUT2D eigenvalue weighted by molar-refractivity contribution is 6.03. The van der Waals surface area contributed by atoms with E-state index < -0.39 is 42.7 Å². The van der Waals surface area contributed by atoms with Crippen molar-refractivity contribution in [3.63, 3.8) is 0 Å². The third-order valence-electron chi connectivity index (χ3n) is 5.64. The van der Waals surface area contributed by atoms with Gasteiger partial charge in [-0.3, -0.25) is 9.36 Å². The Morgan fingerprint density at radius 1 is 1.03 bits per heavy atom. The van der Waals surface area contributed by atoms with Gasteiger partial charge in [-0.1, -0.05) is 0 Å². The van der Waals surface area contributed by atoms with Gasteiger partial charge in [0.05, 0.1) is 18.0 Å². The molecule has 188 valence electrons. The van der Waals surface area contributed by atoms with Crippen LogP contribution in [0.4, 0.5) is 22.9 Å². The number of aliphatic hydroxyl groups excluding tert-OH is 3. The molecule has 4 atom stereocenters. The zero-order valence-electron chi connectivity index (χ0n) is 19.6. The van der Waals surface area contributed by atoms with Gasteiger partial charge in [-0.05, 0) is 54.6 Å². The van der Waals surface area contributed by atoms with Crippen LogP contribution in [0.3, 0.4) is 0 Å². The Balaban J connectivity index is 1.39. The molecule has 1 saturated heterocycles. The lowest BCUT2D eigenvalue weighted by Crippen LogP contribution is -2.36. The summed E-state index contributed by atoms with van der Waals surface area (Å²) in [5.74, 6) is -0.492. The SMILES string of the molecule is CN(C)c1ccc(N=Nc2ccc(C(=O)Nc3ccn([C@@H]4O[C@H](CO)[C@@H](O)[C@H]4O)c(=O)n3)cc2)cc1. The largest absolute Gasteiger partial charge is 0.394 e. The Bertz CT molecular complexity index is 1290. The van der Waals surface area contributed by atoms with Gasteiger partial charge in [0.15, 0.2) is 6.23 Å². The van der Waals surface area contributed by atoms with Crippen LogP contribution in [0, 0.1) is 0 Å². The molecule has 0 spiro atoms. The number of nitrogens with one attached hydrogen (secondary N) is 1. The summed E-state index contributed by atoms with van der Waals surface area (Å²) >= 11 is 0. The van der Waals surface area contributed by atoms with Crippen molar-refractivity contribution in [2.24, 2.45) is 10.2 Å². The van der Waals surface area contributed by atoms with Crippen LogP contribution in [-0.4, -0.2) is 69.8 Å². The molecule has 36 heavy (non-hydrogen) atoms. The van der Waals surface area contributed by atoms with Crippen LogP contribution in [0.25, 0.3) is 0 Å². The molecule has 0 unspecified atom stereocenters. The molecule has 0 bridgehead atoms. The quantitative estimate of drug-likeness (QED) is 0.360. The third kappa shape index (κ3) is 5.47. The molecular formula is C24H26N6O6. The molecule has 12 heteroatoms. The van der Waals surface area contributed by atoms with Gasteiger partial charge in [0.25, 0.3) is 5.91 Å². The molecule has 2 heterocycles. The summed E-state index contributed by atoms with van der Waals surface area (Å²) in [5, 5.41) is 40.1. The van der Waals surface area contributed by atoms with Crippen LogP contribution in [0.5, 0.6) is 0 Å². The number of carbonyl (C=O) groups excluding carboxylic acids is 1. The number of hydrogen-bond acceptors (Lipinski definition) is 10. The van der Waals surface area contributed by atoms with Crippen LogP contribution in [-0.2, 0) is 4.74 Å². The number of nitrogens with zero attached hydrogens (tertiary/aromatic N) is 5. The average Bonchev–Trinajstić information content (AvgIpc) is 3.16. The zero-order valence-corrected chi connectivity index (χ0v) is 19.6. The minimum atomic E-state index is -1.42. The van der Waals surface area contributed by atoms with Crippen molar-refractivity contribution in [2.75, 3.05) is 30.9 Å². The van der Waals surface area contributed by atoms with Gasteiger partial charge in [-0.15, -0.1) is 0 Å². The number of aliphatic hydroxyl groups is 3. The maximum Gasteiger partial charge on any atom is 0.351 e. The van der Waals surface area contributed by atoms with E-state index in [0.717, 1.165) is 10.3 Å². The lowest BCUT2D eigenvalue weighted by Gasteiger charge is -2.17. The summed E-state index contributed by atoms with van der Waals surface area (Å²) in [4.78, 5) is 30.8. The number of rotatable bonds is 7. The number of amides is 1. The Morgan fingerprint density at radius 3 is 2.17 bits per heavy atom. The van der Waals surface area contributed by atoms with Crippen molar-refractivity contribution >= 4 is 28.8 Å². The summed E-state index contributed by atoms with van der Waals surface area (Å²) in [6.45, 7) is -0.519. The van der Waals surface area contributed by atoms with Gasteiger partial charge in [0.1, 0.15) is 24.1 Å². The Morgan fingerprint density at radius 2 is 1.64 bits per heavy atom. The Hall–Kier alpha value is -3.97. The molecule has 0 saturated carbocycles. The predicted octanol–water partition coefficient (Wildman–Crippen LogP) is 1.59. The first kappa shape index (κ1) is 25.1. The van der Waals surface area contributed by atoms with Gasteiger partial charge in [0.2, 0.25) is 0 Å². The van der Waals surface area contributed by atoms with E-state index in [0.29, 0.717) is 16.9 Å². The minimum absolute atomic E-state index is 0.00192. The smallest absolute Gasteiger partial charge is 0.351 e. The lowest BCUT2D eigenvalue weighted by molar-refractivity contribution is -0.0549. The van der Waals surface area contributed by atoms with Gasteiger partial charge < -0.3 is 30.3 Å². The van der Waals surface area contributed by atoms with Gasteiger partial charge in [0, 0.05) is 31.5 Å². The van der Waals surface area contributed by atoms with E-state index in [1.807, 2.05) is 43.3 Å². The number of azo groups is 1. The molecule has 1 fully saturated rings. The van der Waals surface area contributed by atoms with Crippen LogP contribution < -0.4 is 15.9 Å². The fourth-order valence-electron chi connectivity index (χ4n) is 3.59. The first-order valence-electron chi connectivity index (χ1n) is 11.1. The standard InChI is InChI=1S/C24H26N6O6/c1-29(2)17-9-7-16(8-10-17)28-27-15-5-3-14(4-6-15)22(34)25-19-11-12-30(24(35)26-19)23-21(33)20(32)18(13-31)36-23/h3-12,18,20-21,23,31-33H,13H2,1-2H3,(H,25,26,34,35)/t18-,20-,21-,23-/m1/s1. The summed E-state index contributed by atoms with van der Waals surface area (Å²) < 4.78 is 6.31. The predicted molar refractivity (Wildman–Crippen MR) is 131 cm³/mol. The van der Waals surface area contributed by atoms with Crippen LogP contribution in [0.2, 0.25) is 0 Å². The van der Waals surface area contributed by atoms with Crippen molar-refractivity contribution in [2.45, 2.75) is 24.5 Å². The van der Waals surface area contributed by atoms with E-state index in [1.54, 1.807) is 24.3 Å². The molecule has 4 N–H and O–H groups in total. The maximum atomic E-state index is 12.6. The maximum absolute atomic E-state index is 12.6. The fraction of sp³-hybridized carbons (Fsp3) is 0.292. The second-order valence-electron chi connectivity index (χ2n) is 8.34. The van der Waals surface area contributed by atoms with E-state index in [1.165, 1.54) is 12.3 Å². The Kier molecular flexibility index (Phi) is 7.50. The van der Waals surface area contributed by atoms with E-state index in [4.69, 9.17) is 4.74 Å². The van der Waals surface area contributed by atoms with Crippen molar-refractivity contribution in [1.82, 2.24) is 9.55 Å². The van der Waals surface area contributed by atoms with Crippen LogP contribution in [0.15, 0.2) is 75.8 Å². The fourth-order valence-corrected chi connectivity index (χ4v) is 3.59. The number of anilines is 2. The van der Waals surface area contributed by atoms with Crippen molar-refractivity contribution in [1.29, 1.82) is 0 Å². The lowest BCUT2D eigenvalue weighted by atomic mass is 10.1. The molecule has 3 aromatic rings. The summed E-state index contributed by atoms with van der Waals surface area (Å²) in [7, 11) is 3.91. The number of carbonyl (C=O) groups is 1. The van der Waals surface area contributed by atoms with Crippen molar-refractivity contribution < 1.29 is 24.9 Å². The molecule has 1 aliphatic rings. The Labute approximate surface area is 206 Å². The highest BCUT2D eigenvalue weighted by atomic mass is 16.6. The molecule has 1 amide bonds. The molecular weight excluding hydrogens is 468 g/mol. The first-order chi connectivity index (χ1) is 17.3. The second-order valence-corrected chi connectivity index (χ2v) is 8.34. The van der Waals surface area contributed by atoms with Gasteiger partial charge in [-0.25, -0.2) is 4.79 Å². The number of benzene rings is 2. The summed E-state index contributed by atoms with van der Waals surface area (Å²) in [5.41, 5.74) is 1.81. The van der Waals surface area contributed by atoms with E-state index in [2.05, 4.69) is 20.5 Å². The molecule has 0 aliphatic carbocycles. The third-order valence-corrected chi connectivity index (χ3v) is 5.64. The minimum Gasteiger partial charge on any atom is -0.394 e. The highest BCUT2D eigenvalue weighted by Gasteiger charge is 2.43. The van der Waals surface area contributed by atoms with Gasteiger partial charge in [-0.2, -0.15) is 15.2 Å². The molecule has 2 aromatic carbocycles. The molecule has 4 rings (SSSR count). The molecule has 1 aliphatic heterocycles. The van der Waals surface area contributed by atoms with Gasteiger partial charge >= 0.3 is 5.69 Å². The number of hydrogen-bond donors (Lipinski definition) is 4. The summed E-state index contributed by atoms with van der Waals surface area (Å²) in [6.07, 6.45) is -3.73. The number of aromatic nitrogens is 2. The van der Waals surface area contributed by atoms with Crippen molar-refractivity contribution in [3.8, 4) is 0 Å². The summed E-state index contributed by atoms with van der Waals surface area (Å²) in [6, 6.07) is 15.4. The second kappa shape index (κ2) is 10.7. The van der Waals surface area contributed by atoms with Crippen LogP contribution in [0.1, 0.15) is 16.6 Å². The monoisotopic (exact) mass is 494 g/mol. The zero-order chi connectivity index (χ0) is 25.8. The molecule has 1 aromatic heterocycles. The highest BCUT2D eigenvalue weighted by Crippen LogP contribution is 2.28. The molecule has 0 radical (unpaired) electrons. The average molecular weight is 495 g/mol.